The molecule has 6 nitrogen and oxygen atoms in total. The SMILES string of the molecule is CCC(C(N)=S)S(=O)(=O)N1CCN(c2ccccn2)CC1. The van der Waals surface area contributed by atoms with Gasteiger partial charge in [0.15, 0.2) is 0 Å². The van der Waals surface area contributed by atoms with Gasteiger partial charge in [0.05, 0.1) is 4.99 Å². The fourth-order valence-electron chi connectivity index (χ4n) is 2.45. The third-order valence-electron chi connectivity index (χ3n) is 3.62. The molecule has 0 aliphatic carbocycles. The van der Waals surface area contributed by atoms with Crippen molar-refractivity contribution in [3.63, 3.8) is 0 Å². The number of hydrogen-bond acceptors (Lipinski definition) is 5. The van der Waals surface area contributed by atoms with Crippen LogP contribution in [0.15, 0.2) is 24.4 Å². The predicted octanol–water partition coefficient (Wildman–Crippen LogP) is 0.598. The summed E-state index contributed by atoms with van der Waals surface area (Å²) in [7, 11) is -3.46. The molecule has 116 valence electrons. The summed E-state index contributed by atoms with van der Waals surface area (Å²) in [5.41, 5.74) is 5.56. The summed E-state index contributed by atoms with van der Waals surface area (Å²) < 4.78 is 26.5. The Hall–Kier alpha value is -1.25. The van der Waals surface area contributed by atoms with E-state index in [4.69, 9.17) is 18.0 Å². The summed E-state index contributed by atoms with van der Waals surface area (Å²) >= 11 is 4.88. The van der Waals surface area contributed by atoms with Gasteiger partial charge in [-0.15, -0.1) is 0 Å². The topological polar surface area (TPSA) is 79.5 Å². The van der Waals surface area contributed by atoms with Gasteiger partial charge in [0.2, 0.25) is 10.0 Å². The standard InChI is InChI=1S/C13H20N4O2S2/c1-2-11(13(14)20)21(18,19)17-9-7-16(8-10-17)12-5-3-4-6-15-12/h3-6,11H,2,7-10H2,1H3,(H2,14,20). The van der Waals surface area contributed by atoms with Gasteiger partial charge in [0.25, 0.3) is 0 Å². The Morgan fingerprint density at radius 2 is 2.05 bits per heavy atom. The summed E-state index contributed by atoms with van der Waals surface area (Å²) in [4.78, 5) is 6.41. The van der Waals surface area contributed by atoms with Crippen molar-refractivity contribution in [2.24, 2.45) is 5.73 Å². The van der Waals surface area contributed by atoms with Gasteiger partial charge < -0.3 is 10.6 Å². The molecule has 1 aromatic rings. The Balaban J connectivity index is 2.05. The molecule has 0 radical (unpaired) electrons. The van der Waals surface area contributed by atoms with Crippen molar-refractivity contribution in [3.8, 4) is 0 Å². The third-order valence-corrected chi connectivity index (χ3v) is 6.44. The van der Waals surface area contributed by atoms with Crippen LogP contribution in [0.4, 0.5) is 5.82 Å². The molecule has 0 bridgehead atoms. The zero-order valence-corrected chi connectivity index (χ0v) is 13.6. The van der Waals surface area contributed by atoms with Crippen LogP contribution in [0, 0.1) is 0 Å². The maximum Gasteiger partial charge on any atom is 0.223 e. The second-order valence-corrected chi connectivity index (χ2v) is 7.51. The molecule has 0 aromatic carbocycles. The van der Waals surface area contributed by atoms with E-state index in [0.717, 1.165) is 5.82 Å². The molecule has 1 saturated heterocycles. The van der Waals surface area contributed by atoms with E-state index >= 15 is 0 Å². The van der Waals surface area contributed by atoms with E-state index in [1.807, 2.05) is 18.2 Å². The number of hydrogen-bond donors (Lipinski definition) is 1. The Kier molecular flexibility index (Phi) is 5.13. The zero-order chi connectivity index (χ0) is 15.5. The molecule has 0 amide bonds. The van der Waals surface area contributed by atoms with Crippen molar-refractivity contribution >= 4 is 33.0 Å². The smallest absolute Gasteiger partial charge is 0.223 e. The minimum atomic E-state index is -3.46. The van der Waals surface area contributed by atoms with Crippen LogP contribution in [0.25, 0.3) is 0 Å². The average molecular weight is 328 g/mol. The van der Waals surface area contributed by atoms with Crippen molar-refractivity contribution in [1.29, 1.82) is 0 Å². The first kappa shape index (κ1) is 16.1. The van der Waals surface area contributed by atoms with E-state index in [9.17, 15) is 8.42 Å². The fourth-order valence-corrected chi connectivity index (χ4v) is 4.73. The van der Waals surface area contributed by atoms with E-state index in [-0.39, 0.29) is 4.99 Å². The number of pyridine rings is 1. The van der Waals surface area contributed by atoms with Crippen LogP contribution in [0.1, 0.15) is 13.3 Å². The molecule has 21 heavy (non-hydrogen) atoms. The summed E-state index contributed by atoms with van der Waals surface area (Å²) in [5, 5.41) is -0.770. The normalized spacial score (nSPS) is 18.4. The molecule has 1 aliphatic heterocycles. The van der Waals surface area contributed by atoms with Gasteiger partial charge in [-0.25, -0.2) is 13.4 Å². The predicted molar refractivity (Wildman–Crippen MR) is 87.8 cm³/mol. The highest BCUT2D eigenvalue weighted by atomic mass is 32.2. The third kappa shape index (κ3) is 3.50. The molecule has 1 aromatic heterocycles. The summed E-state index contributed by atoms with van der Waals surface area (Å²) in [6.07, 6.45) is 2.14. The lowest BCUT2D eigenvalue weighted by Gasteiger charge is -2.36. The van der Waals surface area contributed by atoms with Crippen molar-refractivity contribution in [3.05, 3.63) is 24.4 Å². The molecule has 0 saturated carbocycles. The number of nitrogens with zero attached hydrogens (tertiary/aromatic N) is 3. The highest BCUT2D eigenvalue weighted by Gasteiger charge is 2.34. The molecule has 0 spiro atoms. The molecule has 2 heterocycles. The van der Waals surface area contributed by atoms with Crippen LogP contribution >= 0.6 is 12.2 Å². The van der Waals surface area contributed by atoms with Gasteiger partial charge in [0, 0.05) is 32.4 Å². The van der Waals surface area contributed by atoms with E-state index in [0.29, 0.717) is 32.6 Å². The van der Waals surface area contributed by atoms with Gasteiger partial charge in [-0.1, -0.05) is 25.2 Å². The molecule has 1 atom stereocenters. The number of piperazine rings is 1. The maximum atomic E-state index is 12.5. The maximum absolute atomic E-state index is 12.5. The van der Waals surface area contributed by atoms with Gasteiger partial charge in [-0.2, -0.15) is 4.31 Å². The fraction of sp³-hybridized carbons (Fsp3) is 0.538. The van der Waals surface area contributed by atoms with Crippen molar-refractivity contribution in [2.45, 2.75) is 18.6 Å². The van der Waals surface area contributed by atoms with Gasteiger partial charge in [-0.3, -0.25) is 0 Å². The first-order chi connectivity index (χ1) is 9.96. The Morgan fingerprint density at radius 3 is 2.52 bits per heavy atom. The van der Waals surface area contributed by atoms with Gasteiger partial charge >= 0.3 is 0 Å². The van der Waals surface area contributed by atoms with Crippen LogP contribution in [0.5, 0.6) is 0 Å². The molecular formula is C13H20N4O2S2. The van der Waals surface area contributed by atoms with E-state index in [2.05, 4.69) is 9.88 Å². The summed E-state index contributed by atoms with van der Waals surface area (Å²) in [6, 6.07) is 5.71. The van der Waals surface area contributed by atoms with E-state index < -0.39 is 15.3 Å². The van der Waals surface area contributed by atoms with Gasteiger partial charge in [0.1, 0.15) is 11.1 Å². The number of thiocarbonyl (C=S) groups is 1. The van der Waals surface area contributed by atoms with Crippen molar-refractivity contribution < 1.29 is 8.42 Å². The first-order valence-corrected chi connectivity index (χ1v) is 8.82. The van der Waals surface area contributed by atoms with Crippen LogP contribution < -0.4 is 10.6 Å². The number of aromatic nitrogens is 1. The number of anilines is 1. The zero-order valence-electron chi connectivity index (χ0n) is 12.0. The van der Waals surface area contributed by atoms with E-state index in [1.165, 1.54) is 4.31 Å². The minimum absolute atomic E-state index is 0.0460. The second kappa shape index (κ2) is 6.67. The lowest BCUT2D eigenvalue weighted by molar-refractivity contribution is 0.381. The summed E-state index contributed by atoms with van der Waals surface area (Å²) in [5.74, 6) is 0.871. The van der Waals surface area contributed by atoms with Gasteiger partial charge in [-0.05, 0) is 18.6 Å². The quantitative estimate of drug-likeness (QED) is 0.797. The minimum Gasteiger partial charge on any atom is -0.392 e. The lowest BCUT2D eigenvalue weighted by atomic mass is 10.3. The Morgan fingerprint density at radius 1 is 1.38 bits per heavy atom. The monoisotopic (exact) mass is 328 g/mol. The Bertz CT molecular complexity index is 583. The number of nitrogens with two attached hydrogens (primary N) is 1. The molecular weight excluding hydrogens is 308 g/mol. The highest BCUT2D eigenvalue weighted by Crippen LogP contribution is 2.18. The number of rotatable bonds is 5. The van der Waals surface area contributed by atoms with E-state index in [1.54, 1.807) is 13.1 Å². The number of sulfonamides is 1. The lowest BCUT2D eigenvalue weighted by Crippen LogP contribution is -2.53. The molecule has 2 N–H and O–H groups in total. The van der Waals surface area contributed by atoms with Crippen LogP contribution in [0.2, 0.25) is 0 Å². The largest absolute Gasteiger partial charge is 0.392 e. The van der Waals surface area contributed by atoms with Crippen LogP contribution in [-0.2, 0) is 10.0 Å². The second-order valence-electron chi connectivity index (χ2n) is 4.92. The van der Waals surface area contributed by atoms with Crippen molar-refractivity contribution in [1.82, 2.24) is 9.29 Å². The molecule has 1 unspecified atom stereocenters. The molecule has 1 fully saturated rings. The van der Waals surface area contributed by atoms with Crippen LogP contribution in [0.3, 0.4) is 0 Å². The molecule has 8 heteroatoms. The molecule has 2 rings (SSSR count). The van der Waals surface area contributed by atoms with Crippen molar-refractivity contribution in [2.75, 3.05) is 31.1 Å². The first-order valence-electron chi connectivity index (χ1n) is 6.91. The summed E-state index contributed by atoms with van der Waals surface area (Å²) in [6.45, 7) is 3.87. The van der Waals surface area contributed by atoms with Crippen LogP contribution in [-0.4, -0.2) is 54.1 Å². The average Bonchev–Trinajstić information content (AvgIpc) is 2.48. The highest BCUT2D eigenvalue weighted by molar-refractivity contribution is 7.92. The Labute approximate surface area is 131 Å². The molecule has 1 aliphatic rings.